The van der Waals surface area contributed by atoms with Gasteiger partial charge >= 0.3 is 0 Å². The molecular weight excluding hydrogens is 418 g/mol. The summed E-state index contributed by atoms with van der Waals surface area (Å²) in [4.78, 5) is 53.8. The standard InChI is InChI=1S/C26H29N3O4/c1-16(2)15-29-25(32)21-8-7-18(14-22(21)26(29)33)23(30)27-20-9-11-28(12-10-20)24(31)19-6-4-5-17(3)13-19/h4-8,13-14,16,20H,9-12,15H2,1-3H3,(H,27,30). The van der Waals surface area contributed by atoms with E-state index in [9.17, 15) is 19.2 Å². The first-order chi connectivity index (χ1) is 15.7. The second-order valence-corrected chi connectivity index (χ2v) is 9.28. The van der Waals surface area contributed by atoms with Crippen molar-refractivity contribution in [1.29, 1.82) is 0 Å². The maximum absolute atomic E-state index is 12.8. The Balaban J connectivity index is 1.37. The normalized spacial score (nSPS) is 16.4. The molecule has 4 rings (SSSR count). The Morgan fingerprint density at radius 3 is 2.33 bits per heavy atom. The van der Waals surface area contributed by atoms with E-state index in [-0.39, 0.29) is 41.2 Å². The number of hydrogen-bond donors (Lipinski definition) is 1. The van der Waals surface area contributed by atoms with Crippen LogP contribution in [0.25, 0.3) is 0 Å². The Morgan fingerprint density at radius 1 is 0.970 bits per heavy atom. The fraction of sp³-hybridized carbons (Fsp3) is 0.385. The SMILES string of the molecule is Cc1cccc(C(=O)N2CCC(NC(=O)c3ccc4c(c3)C(=O)N(CC(C)C)C4=O)CC2)c1. The van der Waals surface area contributed by atoms with Gasteiger partial charge in [-0.2, -0.15) is 0 Å². The van der Waals surface area contributed by atoms with Gasteiger partial charge in [-0.3, -0.25) is 24.1 Å². The topological polar surface area (TPSA) is 86.8 Å². The van der Waals surface area contributed by atoms with Crippen molar-refractivity contribution in [3.05, 3.63) is 70.3 Å². The third-order valence-corrected chi connectivity index (χ3v) is 6.16. The molecule has 0 atom stereocenters. The van der Waals surface area contributed by atoms with E-state index in [1.807, 2.05) is 49.9 Å². The zero-order valence-electron chi connectivity index (χ0n) is 19.3. The molecule has 172 valence electrons. The highest BCUT2D eigenvalue weighted by molar-refractivity contribution is 6.22. The van der Waals surface area contributed by atoms with Crippen LogP contribution in [0.4, 0.5) is 0 Å². The van der Waals surface area contributed by atoms with Crippen molar-refractivity contribution in [2.45, 2.75) is 39.7 Å². The number of piperidine rings is 1. The highest BCUT2D eigenvalue weighted by atomic mass is 16.2. The van der Waals surface area contributed by atoms with Crippen LogP contribution in [-0.2, 0) is 0 Å². The van der Waals surface area contributed by atoms with Gasteiger partial charge in [0.1, 0.15) is 0 Å². The summed E-state index contributed by atoms with van der Waals surface area (Å²) in [5, 5.41) is 3.02. The minimum atomic E-state index is -0.346. The van der Waals surface area contributed by atoms with Crippen LogP contribution in [0, 0.1) is 12.8 Å². The third kappa shape index (κ3) is 4.67. The quantitative estimate of drug-likeness (QED) is 0.713. The van der Waals surface area contributed by atoms with Crippen LogP contribution in [0.15, 0.2) is 42.5 Å². The first kappa shape index (κ1) is 22.7. The molecule has 0 aromatic heterocycles. The minimum absolute atomic E-state index is 0.0104. The molecule has 7 heteroatoms. The molecule has 2 aliphatic heterocycles. The van der Waals surface area contributed by atoms with Crippen LogP contribution in [0.2, 0.25) is 0 Å². The number of imide groups is 1. The summed E-state index contributed by atoms with van der Waals surface area (Å²) in [5.74, 6) is -0.749. The number of amides is 4. The number of carbonyl (C=O) groups is 4. The fourth-order valence-corrected chi connectivity index (χ4v) is 4.42. The number of likely N-dealkylation sites (tertiary alicyclic amines) is 1. The van der Waals surface area contributed by atoms with Gasteiger partial charge in [-0.05, 0) is 56.0 Å². The maximum atomic E-state index is 12.8. The summed E-state index contributed by atoms with van der Waals surface area (Å²) >= 11 is 0. The molecule has 2 aliphatic rings. The van der Waals surface area contributed by atoms with Crippen molar-refractivity contribution in [2.24, 2.45) is 5.92 Å². The summed E-state index contributed by atoms with van der Waals surface area (Å²) < 4.78 is 0. The van der Waals surface area contributed by atoms with Crippen LogP contribution < -0.4 is 5.32 Å². The van der Waals surface area contributed by atoms with Gasteiger partial charge in [-0.25, -0.2) is 0 Å². The Bertz CT molecular complexity index is 1120. The van der Waals surface area contributed by atoms with Crippen LogP contribution >= 0.6 is 0 Å². The van der Waals surface area contributed by atoms with Crippen LogP contribution in [0.1, 0.15) is 73.7 Å². The fourth-order valence-electron chi connectivity index (χ4n) is 4.42. The Labute approximate surface area is 193 Å². The lowest BCUT2D eigenvalue weighted by atomic mass is 10.0. The molecule has 1 saturated heterocycles. The predicted octanol–water partition coefficient (Wildman–Crippen LogP) is 3.28. The first-order valence-electron chi connectivity index (χ1n) is 11.4. The predicted molar refractivity (Wildman–Crippen MR) is 124 cm³/mol. The molecule has 33 heavy (non-hydrogen) atoms. The van der Waals surface area contributed by atoms with E-state index in [0.29, 0.717) is 49.2 Å². The second kappa shape index (κ2) is 9.17. The number of nitrogens with zero attached hydrogens (tertiary/aromatic N) is 2. The smallest absolute Gasteiger partial charge is 0.261 e. The van der Waals surface area contributed by atoms with Crippen molar-refractivity contribution in [2.75, 3.05) is 19.6 Å². The molecule has 0 saturated carbocycles. The lowest BCUT2D eigenvalue weighted by molar-refractivity contribution is 0.0634. The van der Waals surface area contributed by atoms with Crippen molar-refractivity contribution in [1.82, 2.24) is 15.1 Å². The van der Waals surface area contributed by atoms with Crippen molar-refractivity contribution in [3.63, 3.8) is 0 Å². The summed E-state index contributed by atoms with van der Waals surface area (Å²) in [6.07, 6.45) is 1.32. The lowest BCUT2D eigenvalue weighted by Crippen LogP contribution is -2.46. The van der Waals surface area contributed by atoms with Gasteiger partial charge in [-0.15, -0.1) is 0 Å². The molecular formula is C26H29N3O4. The number of rotatable bonds is 5. The van der Waals surface area contributed by atoms with Crippen LogP contribution in [-0.4, -0.2) is 59.1 Å². The molecule has 4 amide bonds. The highest BCUT2D eigenvalue weighted by Crippen LogP contribution is 2.25. The molecule has 0 spiro atoms. The van der Waals surface area contributed by atoms with Gasteiger partial charge in [0.15, 0.2) is 0 Å². The maximum Gasteiger partial charge on any atom is 0.261 e. The molecule has 1 N–H and O–H groups in total. The van der Waals surface area contributed by atoms with Gasteiger partial charge in [0.05, 0.1) is 11.1 Å². The van der Waals surface area contributed by atoms with E-state index in [1.165, 1.54) is 11.0 Å². The first-order valence-corrected chi connectivity index (χ1v) is 11.4. The van der Waals surface area contributed by atoms with Gasteiger partial charge in [0, 0.05) is 36.8 Å². The molecule has 0 bridgehead atoms. The van der Waals surface area contributed by atoms with Crippen LogP contribution in [0.5, 0.6) is 0 Å². The molecule has 0 radical (unpaired) electrons. The molecule has 2 aromatic rings. The molecule has 2 aromatic carbocycles. The van der Waals surface area contributed by atoms with E-state index < -0.39 is 0 Å². The van der Waals surface area contributed by atoms with Gasteiger partial charge in [-0.1, -0.05) is 31.5 Å². The summed E-state index contributed by atoms with van der Waals surface area (Å²) in [5.41, 5.74) is 2.72. The minimum Gasteiger partial charge on any atom is -0.349 e. The number of aryl methyl sites for hydroxylation is 1. The van der Waals surface area contributed by atoms with E-state index in [4.69, 9.17) is 0 Å². The summed E-state index contributed by atoms with van der Waals surface area (Å²) in [6, 6.07) is 12.2. The average molecular weight is 448 g/mol. The Kier molecular flexibility index (Phi) is 6.31. The molecule has 1 fully saturated rings. The summed E-state index contributed by atoms with van der Waals surface area (Å²) in [7, 11) is 0. The number of carbonyl (C=O) groups excluding carboxylic acids is 4. The number of hydrogen-bond acceptors (Lipinski definition) is 4. The van der Waals surface area contributed by atoms with E-state index in [0.717, 1.165) is 5.56 Å². The van der Waals surface area contributed by atoms with Crippen molar-refractivity contribution in [3.8, 4) is 0 Å². The average Bonchev–Trinajstić information content (AvgIpc) is 3.03. The van der Waals surface area contributed by atoms with Crippen molar-refractivity contribution >= 4 is 23.6 Å². The summed E-state index contributed by atoms with van der Waals surface area (Å²) in [6.45, 7) is 7.35. The highest BCUT2D eigenvalue weighted by Gasteiger charge is 2.36. The monoisotopic (exact) mass is 447 g/mol. The van der Waals surface area contributed by atoms with Gasteiger partial charge in [0.25, 0.3) is 23.6 Å². The molecule has 0 aliphatic carbocycles. The molecule has 2 heterocycles. The molecule has 7 nitrogen and oxygen atoms in total. The van der Waals surface area contributed by atoms with Gasteiger partial charge < -0.3 is 10.2 Å². The van der Waals surface area contributed by atoms with Crippen molar-refractivity contribution < 1.29 is 19.2 Å². The number of fused-ring (bicyclic) bond motifs is 1. The van der Waals surface area contributed by atoms with E-state index in [2.05, 4.69) is 5.32 Å². The largest absolute Gasteiger partial charge is 0.349 e. The second-order valence-electron chi connectivity index (χ2n) is 9.28. The zero-order chi connectivity index (χ0) is 23.7. The third-order valence-electron chi connectivity index (χ3n) is 6.16. The zero-order valence-corrected chi connectivity index (χ0v) is 19.3. The van der Waals surface area contributed by atoms with E-state index in [1.54, 1.807) is 12.1 Å². The number of nitrogens with one attached hydrogen (secondary N) is 1. The molecule has 0 unspecified atom stereocenters. The Hall–Kier alpha value is -3.48. The van der Waals surface area contributed by atoms with Crippen LogP contribution in [0.3, 0.4) is 0 Å². The lowest BCUT2D eigenvalue weighted by Gasteiger charge is -2.32. The Morgan fingerprint density at radius 2 is 1.67 bits per heavy atom. The number of benzene rings is 2. The van der Waals surface area contributed by atoms with E-state index >= 15 is 0 Å². The van der Waals surface area contributed by atoms with Gasteiger partial charge in [0.2, 0.25) is 0 Å².